The fourth-order valence-corrected chi connectivity index (χ4v) is 5.56. The molecule has 7 nitrogen and oxygen atoms in total. The number of piperazine rings is 1. The van der Waals surface area contributed by atoms with E-state index in [0.29, 0.717) is 5.82 Å². The molecule has 1 aromatic heterocycles. The highest BCUT2D eigenvalue weighted by Crippen LogP contribution is 2.33. The minimum absolute atomic E-state index is 0.0220. The second-order valence-corrected chi connectivity index (χ2v) is 10.8. The maximum Gasteiger partial charge on any atom is 0.251 e. The van der Waals surface area contributed by atoms with Crippen LogP contribution in [0.3, 0.4) is 0 Å². The predicted octanol–water partition coefficient (Wildman–Crippen LogP) is 5.68. The van der Waals surface area contributed by atoms with Crippen LogP contribution in [0.15, 0.2) is 72.3 Å². The van der Waals surface area contributed by atoms with Crippen molar-refractivity contribution < 1.29 is 9.59 Å². The van der Waals surface area contributed by atoms with Crippen LogP contribution >= 0.6 is 0 Å². The lowest BCUT2D eigenvalue weighted by Gasteiger charge is -2.36. The van der Waals surface area contributed by atoms with Crippen molar-refractivity contribution in [1.82, 2.24) is 9.88 Å². The van der Waals surface area contributed by atoms with Crippen molar-refractivity contribution in [2.75, 3.05) is 48.3 Å². The standard InChI is InChI=1S/C33H39N5O2/c1-24-10-12-26(13-11-24)30-7-3-4-8-31(30)33(40)36-28-14-16-29(17-15-28)38-22-20-37(21-23-38)19-18-27-6-5-9-32(35-27)34-25(2)39/h5-6,9-17H,3-4,7-8,18-23H2,1-2H3,(H,36,40)(H,34,35,39). The number of amides is 2. The van der Waals surface area contributed by atoms with Crippen molar-refractivity contribution in [3.63, 3.8) is 0 Å². The molecule has 2 aliphatic rings. The summed E-state index contributed by atoms with van der Waals surface area (Å²) >= 11 is 0. The fraction of sp³-hybridized carbons (Fsp3) is 0.364. The largest absolute Gasteiger partial charge is 0.369 e. The second kappa shape index (κ2) is 12.9. The molecule has 2 amide bonds. The third-order valence-electron chi connectivity index (χ3n) is 7.80. The first kappa shape index (κ1) is 27.6. The number of nitrogens with zero attached hydrogens (tertiary/aromatic N) is 3. The molecule has 3 aromatic rings. The number of aromatic nitrogens is 1. The Balaban J connectivity index is 1.13. The van der Waals surface area contributed by atoms with E-state index in [1.54, 1.807) is 0 Å². The van der Waals surface area contributed by atoms with Crippen molar-refractivity contribution >= 4 is 34.6 Å². The van der Waals surface area contributed by atoms with Gasteiger partial charge in [0.15, 0.2) is 0 Å². The number of benzene rings is 2. The molecule has 1 aliphatic heterocycles. The Bertz CT molecular complexity index is 1360. The van der Waals surface area contributed by atoms with Crippen LogP contribution < -0.4 is 15.5 Å². The van der Waals surface area contributed by atoms with Crippen LogP contribution in [-0.2, 0) is 16.0 Å². The molecular weight excluding hydrogens is 498 g/mol. The first-order valence-corrected chi connectivity index (χ1v) is 14.4. The molecule has 0 radical (unpaired) electrons. The van der Waals surface area contributed by atoms with E-state index in [-0.39, 0.29) is 11.8 Å². The maximum absolute atomic E-state index is 13.3. The van der Waals surface area contributed by atoms with Gasteiger partial charge < -0.3 is 15.5 Å². The summed E-state index contributed by atoms with van der Waals surface area (Å²) in [7, 11) is 0. The molecule has 2 aromatic carbocycles. The van der Waals surface area contributed by atoms with E-state index in [9.17, 15) is 9.59 Å². The van der Waals surface area contributed by atoms with E-state index in [2.05, 4.69) is 68.7 Å². The summed E-state index contributed by atoms with van der Waals surface area (Å²) in [4.78, 5) is 34.0. The normalized spacial score (nSPS) is 16.1. The van der Waals surface area contributed by atoms with E-state index >= 15 is 0 Å². The number of carbonyl (C=O) groups is 2. The summed E-state index contributed by atoms with van der Waals surface area (Å²) in [5.41, 5.74) is 7.51. The lowest BCUT2D eigenvalue weighted by Crippen LogP contribution is -2.47. The van der Waals surface area contributed by atoms with E-state index < -0.39 is 0 Å². The minimum Gasteiger partial charge on any atom is -0.369 e. The number of hydrogen-bond donors (Lipinski definition) is 2. The van der Waals surface area contributed by atoms with E-state index in [4.69, 9.17) is 0 Å². The molecule has 0 saturated carbocycles. The zero-order valence-corrected chi connectivity index (χ0v) is 23.6. The second-order valence-electron chi connectivity index (χ2n) is 10.8. The minimum atomic E-state index is -0.106. The maximum atomic E-state index is 13.3. The Labute approximate surface area is 237 Å². The number of hydrogen-bond acceptors (Lipinski definition) is 5. The number of anilines is 3. The summed E-state index contributed by atoms with van der Waals surface area (Å²) in [6.45, 7) is 8.41. The van der Waals surface area contributed by atoms with Crippen LogP contribution in [0.25, 0.3) is 5.57 Å². The van der Waals surface area contributed by atoms with E-state index in [1.807, 2.05) is 30.3 Å². The summed E-state index contributed by atoms with van der Waals surface area (Å²) < 4.78 is 0. The molecule has 0 atom stereocenters. The predicted molar refractivity (Wildman–Crippen MR) is 163 cm³/mol. The molecule has 40 heavy (non-hydrogen) atoms. The van der Waals surface area contributed by atoms with Crippen molar-refractivity contribution in [3.8, 4) is 0 Å². The van der Waals surface area contributed by atoms with Gasteiger partial charge >= 0.3 is 0 Å². The average molecular weight is 538 g/mol. The molecule has 2 N–H and O–H groups in total. The molecule has 0 unspecified atom stereocenters. The first-order chi connectivity index (χ1) is 19.4. The molecule has 1 saturated heterocycles. The average Bonchev–Trinajstić information content (AvgIpc) is 2.97. The Morgan fingerprint density at radius 3 is 2.30 bits per heavy atom. The monoisotopic (exact) mass is 537 g/mol. The fourth-order valence-electron chi connectivity index (χ4n) is 5.56. The van der Waals surface area contributed by atoms with Gasteiger partial charge in [-0.25, -0.2) is 4.98 Å². The van der Waals surface area contributed by atoms with Gasteiger partial charge in [-0.15, -0.1) is 0 Å². The van der Waals surface area contributed by atoms with Crippen molar-refractivity contribution in [2.45, 2.75) is 46.0 Å². The van der Waals surface area contributed by atoms with Gasteiger partial charge in [0.2, 0.25) is 5.91 Å². The van der Waals surface area contributed by atoms with Gasteiger partial charge in [0, 0.05) is 68.7 Å². The smallest absolute Gasteiger partial charge is 0.251 e. The molecule has 2 heterocycles. The molecular formula is C33H39N5O2. The molecule has 208 valence electrons. The van der Waals surface area contributed by atoms with Gasteiger partial charge in [-0.1, -0.05) is 35.9 Å². The van der Waals surface area contributed by atoms with E-state index in [0.717, 1.165) is 81.8 Å². The SMILES string of the molecule is CC(=O)Nc1cccc(CCN2CCN(c3ccc(NC(=O)C4=C(c5ccc(C)cc5)CCCC4)cc3)CC2)n1. The lowest BCUT2D eigenvalue weighted by molar-refractivity contribution is -0.114. The molecule has 0 bridgehead atoms. The molecule has 0 spiro atoms. The number of allylic oxidation sites excluding steroid dienone is 1. The number of carbonyl (C=O) groups excluding carboxylic acids is 2. The molecule has 5 rings (SSSR count). The van der Waals surface area contributed by atoms with Crippen LogP contribution in [0.4, 0.5) is 17.2 Å². The van der Waals surface area contributed by atoms with Crippen molar-refractivity contribution in [3.05, 3.63) is 89.1 Å². The Morgan fingerprint density at radius 2 is 1.57 bits per heavy atom. The molecule has 1 fully saturated rings. The van der Waals surface area contributed by atoms with Gasteiger partial charge in [-0.05, 0) is 80.1 Å². The van der Waals surface area contributed by atoms with Gasteiger partial charge in [0.05, 0.1) is 0 Å². The third kappa shape index (κ3) is 7.16. The highest BCUT2D eigenvalue weighted by molar-refractivity contribution is 6.09. The third-order valence-corrected chi connectivity index (χ3v) is 7.80. The first-order valence-electron chi connectivity index (χ1n) is 14.4. The zero-order valence-electron chi connectivity index (χ0n) is 23.6. The Morgan fingerprint density at radius 1 is 0.850 bits per heavy atom. The molecule has 1 aliphatic carbocycles. The van der Waals surface area contributed by atoms with Gasteiger partial charge in [0.25, 0.3) is 5.91 Å². The van der Waals surface area contributed by atoms with Crippen LogP contribution in [-0.4, -0.2) is 54.4 Å². The lowest BCUT2D eigenvalue weighted by atomic mass is 9.86. The number of aryl methyl sites for hydroxylation is 1. The van der Waals surface area contributed by atoms with Crippen LogP contribution in [0.5, 0.6) is 0 Å². The summed E-state index contributed by atoms with van der Waals surface area (Å²) in [5, 5.41) is 5.91. The highest BCUT2D eigenvalue weighted by Gasteiger charge is 2.21. The van der Waals surface area contributed by atoms with Gasteiger partial charge in [0.1, 0.15) is 5.82 Å². The summed E-state index contributed by atoms with van der Waals surface area (Å²) in [5.74, 6) is 0.524. The van der Waals surface area contributed by atoms with Gasteiger partial charge in [-0.3, -0.25) is 14.5 Å². The summed E-state index contributed by atoms with van der Waals surface area (Å²) in [6.07, 6.45) is 4.82. The summed E-state index contributed by atoms with van der Waals surface area (Å²) in [6, 6.07) is 22.5. The topological polar surface area (TPSA) is 77.6 Å². The van der Waals surface area contributed by atoms with Gasteiger partial charge in [-0.2, -0.15) is 0 Å². The Kier molecular flexibility index (Phi) is 8.91. The zero-order chi connectivity index (χ0) is 27.9. The van der Waals surface area contributed by atoms with Crippen LogP contribution in [0, 0.1) is 6.92 Å². The van der Waals surface area contributed by atoms with E-state index in [1.165, 1.54) is 29.3 Å². The van der Waals surface area contributed by atoms with Crippen molar-refractivity contribution in [2.24, 2.45) is 0 Å². The van der Waals surface area contributed by atoms with Crippen molar-refractivity contribution in [1.29, 1.82) is 0 Å². The number of rotatable bonds is 8. The number of pyridine rings is 1. The quantitative estimate of drug-likeness (QED) is 0.387. The van der Waals surface area contributed by atoms with Crippen LogP contribution in [0.1, 0.15) is 49.4 Å². The highest BCUT2D eigenvalue weighted by atomic mass is 16.2. The number of nitrogens with one attached hydrogen (secondary N) is 2. The van der Waals surface area contributed by atoms with Crippen LogP contribution in [0.2, 0.25) is 0 Å². The molecule has 7 heteroatoms. The Hall–Kier alpha value is -3.97.